The van der Waals surface area contributed by atoms with Crippen LogP contribution in [0.5, 0.6) is 0 Å². The monoisotopic (exact) mass is 258 g/mol. The Morgan fingerprint density at radius 3 is 2.76 bits per heavy atom. The van der Waals surface area contributed by atoms with Crippen molar-refractivity contribution >= 4 is 10.0 Å². The van der Waals surface area contributed by atoms with Crippen LogP contribution in [-0.2, 0) is 17.1 Å². The van der Waals surface area contributed by atoms with Crippen molar-refractivity contribution in [2.24, 2.45) is 12.8 Å². The van der Waals surface area contributed by atoms with Gasteiger partial charge in [0.2, 0.25) is 0 Å². The number of hydrogen-bond acceptors (Lipinski definition) is 4. The molecule has 1 aromatic heterocycles. The third-order valence-electron chi connectivity index (χ3n) is 2.79. The van der Waals surface area contributed by atoms with Crippen LogP contribution in [0, 0.1) is 0 Å². The van der Waals surface area contributed by atoms with Crippen molar-refractivity contribution < 1.29 is 8.42 Å². The van der Waals surface area contributed by atoms with E-state index in [0.29, 0.717) is 19.5 Å². The zero-order valence-corrected chi connectivity index (χ0v) is 10.7. The third kappa shape index (κ3) is 2.67. The lowest BCUT2D eigenvalue weighted by Crippen LogP contribution is -2.35. The molecule has 96 valence electrons. The summed E-state index contributed by atoms with van der Waals surface area (Å²) >= 11 is 0. The fraction of sp³-hybridized carbons (Fsp3) is 0.700. The third-order valence-corrected chi connectivity index (χ3v) is 4.63. The van der Waals surface area contributed by atoms with Gasteiger partial charge in [-0.25, -0.2) is 13.4 Å². The average molecular weight is 258 g/mol. The second-order valence-electron chi connectivity index (χ2n) is 4.37. The van der Waals surface area contributed by atoms with E-state index in [0.717, 1.165) is 12.8 Å². The van der Waals surface area contributed by atoms with Gasteiger partial charge in [0.1, 0.15) is 0 Å². The molecule has 0 aromatic carbocycles. The molecule has 7 heteroatoms. The molecule has 2 rings (SSSR count). The van der Waals surface area contributed by atoms with Crippen molar-refractivity contribution in [3.8, 4) is 0 Å². The van der Waals surface area contributed by atoms with E-state index in [-0.39, 0.29) is 11.1 Å². The van der Waals surface area contributed by atoms with Crippen LogP contribution in [-0.4, -0.2) is 41.4 Å². The van der Waals surface area contributed by atoms with Gasteiger partial charge < -0.3 is 10.3 Å². The molecule has 1 aliphatic rings. The topological polar surface area (TPSA) is 81.2 Å². The van der Waals surface area contributed by atoms with Gasteiger partial charge in [0.15, 0.2) is 5.03 Å². The van der Waals surface area contributed by atoms with E-state index in [1.807, 2.05) is 0 Å². The Morgan fingerprint density at radius 2 is 2.29 bits per heavy atom. The van der Waals surface area contributed by atoms with Crippen LogP contribution in [0.2, 0.25) is 0 Å². The normalized spacial score (nSPS) is 16.6. The minimum absolute atomic E-state index is 0.129. The molecule has 1 heterocycles. The summed E-state index contributed by atoms with van der Waals surface area (Å²) in [5.74, 6) is 0. The minimum atomic E-state index is -3.44. The van der Waals surface area contributed by atoms with Crippen LogP contribution in [0.4, 0.5) is 0 Å². The van der Waals surface area contributed by atoms with Gasteiger partial charge in [0.25, 0.3) is 10.0 Å². The zero-order valence-electron chi connectivity index (χ0n) is 9.91. The summed E-state index contributed by atoms with van der Waals surface area (Å²) in [7, 11) is -1.69. The molecule has 1 fully saturated rings. The van der Waals surface area contributed by atoms with Gasteiger partial charge in [-0.15, -0.1) is 0 Å². The zero-order chi connectivity index (χ0) is 12.5. The maximum atomic E-state index is 12.3. The summed E-state index contributed by atoms with van der Waals surface area (Å²) in [4.78, 5) is 3.93. The molecule has 1 saturated carbocycles. The number of nitrogens with two attached hydrogens (primary N) is 1. The van der Waals surface area contributed by atoms with E-state index in [2.05, 4.69) is 4.98 Å². The van der Waals surface area contributed by atoms with Gasteiger partial charge >= 0.3 is 0 Å². The largest absolute Gasteiger partial charge is 0.339 e. The second-order valence-corrected chi connectivity index (χ2v) is 6.20. The van der Waals surface area contributed by atoms with E-state index < -0.39 is 10.0 Å². The van der Waals surface area contributed by atoms with E-state index in [1.54, 1.807) is 15.9 Å². The first-order chi connectivity index (χ1) is 8.05. The SMILES string of the molecule is Cn1cnc(S(=O)(=O)N(CCCN)C2CC2)c1. The van der Waals surface area contributed by atoms with Gasteiger partial charge in [0.05, 0.1) is 6.33 Å². The van der Waals surface area contributed by atoms with Crippen molar-refractivity contribution in [2.45, 2.75) is 30.3 Å². The van der Waals surface area contributed by atoms with E-state index >= 15 is 0 Å². The predicted octanol–water partition coefficient (Wildman–Crippen LogP) is -0.0780. The van der Waals surface area contributed by atoms with Crippen LogP contribution in [0.1, 0.15) is 19.3 Å². The summed E-state index contributed by atoms with van der Waals surface area (Å²) in [5.41, 5.74) is 5.44. The first kappa shape index (κ1) is 12.5. The number of aromatic nitrogens is 2. The Kier molecular flexibility index (Phi) is 3.50. The molecule has 2 N–H and O–H groups in total. The summed E-state index contributed by atoms with van der Waals surface area (Å²) in [6.07, 6.45) is 5.60. The lowest BCUT2D eigenvalue weighted by atomic mass is 10.4. The highest BCUT2D eigenvalue weighted by Crippen LogP contribution is 2.31. The average Bonchev–Trinajstić information content (AvgIpc) is 3.00. The first-order valence-corrected chi connectivity index (χ1v) is 7.19. The molecular weight excluding hydrogens is 240 g/mol. The molecule has 0 spiro atoms. The Labute approximate surface area is 101 Å². The molecule has 6 nitrogen and oxygen atoms in total. The van der Waals surface area contributed by atoms with Crippen LogP contribution in [0.15, 0.2) is 17.6 Å². The molecule has 0 aliphatic heterocycles. The first-order valence-electron chi connectivity index (χ1n) is 5.75. The molecule has 0 bridgehead atoms. The van der Waals surface area contributed by atoms with Gasteiger partial charge in [0, 0.05) is 25.8 Å². The summed E-state index contributed by atoms with van der Waals surface area (Å²) in [6, 6.07) is 0.147. The number of hydrogen-bond donors (Lipinski definition) is 1. The van der Waals surface area contributed by atoms with Crippen molar-refractivity contribution in [1.82, 2.24) is 13.9 Å². The highest BCUT2D eigenvalue weighted by molar-refractivity contribution is 7.89. The van der Waals surface area contributed by atoms with Crippen molar-refractivity contribution in [1.29, 1.82) is 0 Å². The Morgan fingerprint density at radius 1 is 1.59 bits per heavy atom. The minimum Gasteiger partial charge on any atom is -0.339 e. The summed E-state index contributed by atoms with van der Waals surface area (Å²) in [6.45, 7) is 0.987. The van der Waals surface area contributed by atoms with Crippen molar-refractivity contribution in [2.75, 3.05) is 13.1 Å². The van der Waals surface area contributed by atoms with Gasteiger partial charge in [-0.2, -0.15) is 4.31 Å². The van der Waals surface area contributed by atoms with Crippen LogP contribution in [0.25, 0.3) is 0 Å². The number of sulfonamides is 1. The molecule has 1 aliphatic carbocycles. The summed E-state index contributed by atoms with van der Waals surface area (Å²) in [5, 5.41) is 0.129. The van der Waals surface area contributed by atoms with E-state index in [1.165, 1.54) is 12.5 Å². The van der Waals surface area contributed by atoms with E-state index in [9.17, 15) is 8.42 Å². The fourth-order valence-electron chi connectivity index (χ4n) is 1.75. The quantitative estimate of drug-likeness (QED) is 0.774. The number of nitrogens with zero attached hydrogens (tertiary/aromatic N) is 3. The maximum Gasteiger partial charge on any atom is 0.262 e. The molecule has 0 amide bonds. The Hall–Kier alpha value is -0.920. The van der Waals surface area contributed by atoms with Gasteiger partial charge in [-0.3, -0.25) is 0 Å². The molecule has 0 saturated heterocycles. The lowest BCUT2D eigenvalue weighted by Gasteiger charge is -2.20. The number of aryl methyl sites for hydroxylation is 1. The molecule has 0 radical (unpaired) electrons. The van der Waals surface area contributed by atoms with Crippen molar-refractivity contribution in [3.05, 3.63) is 12.5 Å². The van der Waals surface area contributed by atoms with Gasteiger partial charge in [-0.1, -0.05) is 0 Å². The lowest BCUT2D eigenvalue weighted by molar-refractivity contribution is 0.398. The number of imidazole rings is 1. The predicted molar refractivity (Wildman–Crippen MR) is 63.8 cm³/mol. The molecule has 17 heavy (non-hydrogen) atoms. The standard InChI is InChI=1S/C10H18N4O2S/c1-13-7-10(12-8-13)17(15,16)14(6-2-5-11)9-3-4-9/h7-9H,2-6,11H2,1H3. The highest BCUT2D eigenvalue weighted by Gasteiger charge is 2.38. The van der Waals surface area contributed by atoms with Crippen LogP contribution in [0.3, 0.4) is 0 Å². The molecular formula is C10H18N4O2S. The van der Waals surface area contributed by atoms with E-state index in [4.69, 9.17) is 5.73 Å². The molecule has 1 aromatic rings. The van der Waals surface area contributed by atoms with Crippen molar-refractivity contribution in [3.63, 3.8) is 0 Å². The molecule has 0 atom stereocenters. The smallest absolute Gasteiger partial charge is 0.262 e. The highest BCUT2D eigenvalue weighted by atomic mass is 32.2. The van der Waals surface area contributed by atoms with Crippen LogP contribution < -0.4 is 5.73 Å². The Bertz CT molecular complexity index is 478. The summed E-state index contributed by atoms with van der Waals surface area (Å²) < 4.78 is 27.9. The maximum absolute atomic E-state index is 12.3. The molecule has 0 unspecified atom stereocenters. The van der Waals surface area contributed by atoms with Gasteiger partial charge in [-0.05, 0) is 25.8 Å². The Balaban J connectivity index is 2.21. The fourth-order valence-corrected chi connectivity index (χ4v) is 3.44. The van der Waals surface area contributed by atoms with Crippen LogP contribution >= 0.6 is 0 Å². The number of rotatable bonds is 6. The second kappa shape index (κ2) is 4.75.